The molecule has 4 aromatic rings. The van der Waals surface area contributed by atoms with Crippen molar-refractivity contribution in [2.24, 2.45) is 7.05 Å². The minimum absolute atomic E-state index is 0.0506. The van der Waals surface area contributed by atoms with Crippen molar-refractivity contribution < 1.29 is 14.6 Å². The molecule has 41 heavy (non-hydrogen) atoms. The van der Waals surface area contributed by atoms with Crippen LogP contribution in [-0.2, 0) is 18.3 Å². The molecule has 1 aromatic carbocycles. The molecule has 13 heteroatoms. The number of rotatable bonds is 5. The van der Waals surface area contributed by atoms with E-state index in [1.807, 2.05) is 29.9 Å². The average Bonchev–Trinajstić information content (AvgIpc) is 3.76. The molecule has 3 aliphatic heterocycles. The molecule has 12 nitrogen and oxygen atoms in total. The Hall–Kier alpha value is -3.64. The summed E-state index contributed by atoms with van der Waals surface area (Å²) in [5.41, 5.74) is 2.12. The van der Waals surface area contributed by atoms with Crippen LogP contribution in [-0.4, -0.2) is 77.0 Å². The van der Waals surface area contributed by atoms with Crippen molar-refractivity contribution >= 4 is 45.6 Å². The van der Waals surface area contributed by atoms with Gasteiger partial charge in [-0.25, -0.2) is 9.48 Å². The van der Waals surface area contributed by atoms with Crippen LogP contribution in [0.15, 0.2) is 23.1 Å². The number of nitrogens with zero attached hydrogens (tertiary/aromatic N) is 8. The third kappa shape index (κ3) is 3.94. The summed E-state index contributed by atoms with van der Waals surface area (Å²) in [6.07, 6.45) is 5.82. The van der Waals surface area contributed by atoms with E-state index in [1.54, 1.807) is 23.3 Å². The Morgan fingerprint density at radius 2 is 2.05 bits per heavy atom. The fourth-order valence-electron chi connectivity index (χ4n) is 6.98. The van der Waals surface area contributed by atoms with Crippen LogP contribution >= 0.6 is 11.6 Å². The summed E-state index contributed by atoms with van der Waals surface area (Å²) < 4.78 is 11.3. The van der Waals surface area contributed by atoms with Crippen LogP contribution in [0.5, 0.6) is 0 Å². The summed E-state index contributed by atoms with van der Waals surface area (Å²) in [5.74, 6) is 0.533. The van der Waals surface area contributed by atoms with E-state index in [1.165, 1.54) is 4.90 Å². The third-order valence-corrected chi connectivity index (χ3v) is 9.53. The SMILES string of the molecule is CCn1cc2c(Cl)c(-c3nn(C4CCCCO4)c4nc(N5[C@H]6CC[C@@H]5[C@H](N(C)C(=O)O)C6)n(C)c(=O)c34)ccc2n1. The second kappa shape index (κ2) is 9.73. The molecule has 3 fully saturated rings. The second-order valence-electron chi connectivity index (χ2n) is 11.3. The molecule has 7 rings (SSSR count). The van der Waals surface area contributed by atoms with Gasteiger partial charge in [-0.2, -0.15) is 15.2 Å². The highest BCUT2D eigenvalue weighted by Crippen LogP contribution is 2.43. The summed E-state index contributed by atoms with van der Waals surface area (Å²) in [5, 5.41) is 20.9. The maximum absolute atomic E-state index is 14.2. The minimum Gasteiger partial charge on any atom is -0.465 e. The first-order chi connectivity index (χ1) is 19.8. The number of likely N-dealkylation sites (N-methyl/N-ethyl adjacent to an activating group) is 1. The van der Waals surface area contributed by atoms with E-state index in [9.17, 15) is 14.7 Å². The van der Waals surface area contributed by atoms with E-state index < -0.39 is 6.09 Å². The Labute approximate surface area is 241 Å². The van der Waals surface area contributed by atoms with E-state index in [0.29, 0.717) is 52.8 Å². The molecule has 3 saturated heterocycles. The zero-order chi connectivity index (χ0) is 28.6. The van der Waals surface area contributed by atoms with Gasteiger partial charge < -0.3 is 19.6 Å². The van der Waals surface area contributed by atoms with Gasteiger partial charge in [-0.1, -0.05) is 11.6 Å². The normalized spacial score (nSPS) is 24.1. The van der Waals surface area contributed by atoms with Gasteiger partial charge in [0.15, 0.2) is 11.9 Å². The maximum atomic E-state index is 14.2. The van der Waals surface area contributed by atoms with Gasteiger partial charge in [0, 0.05) is 50.4 Å². The number of halogens is 1. The smallest absolute Gasteiger partial charge is 0.407 e. The third-order valence-electron chi connectivity index (χ3n) is 9.12. The van der Waals surface area contributed by atoms with Crippen molar-refractivity contribution in [2.45, 2.75) is 76.3 Å². The lowest BCUT2D eigenvalue weighted by Crippen LogP contribution is -2.45. The number of aromatic nitrogens is 6. The largest absolute Gasteiger partial charge is 0.465 e. The van der Waals surface area contributed by atoms with E-state index in [0.717, 1.165) is 43.0 Å². The zero-order valence-electron chi connectivity index (χ0n) is 23.3. The number of ether oxygens (including phenoxy) is 1. The predicted molar refractivity (Wildman–Crippen MR) is 155 cm³/mol. The highest BCUT2D eigenvalue weighted by molar-refractivity contribution is 6.38. The number of fused-ring (bicyclic) bond motifs is 4. The zero-order valence-corrected chi connectivity index (χ0v) is 24.1. The van der Waals surface area contributed by atoms with Gasteiger partial charge in [0.05, 0.1) is 22.6 Å². The Balaban J connectivity index is 1.42. The topological polar surface area (TPSA) is 124 Å². The first kappa shape index (κ1) is 26.3. The van der Waals surface area contributed by atoms with Crippen molar-refractivity contribution in [1.82, 2.24) is 34.0 Å². The number of hydrogen-bond acceptors (Lipinski definition) is 7. The van der Waals surface area contributed by atoms with Gasteiger partial charge in [0.1, 0.15) is 11.1 Å². The van der Waals surface area contributed by atoms with Crippen LogP contribution in [0.3, 0.4) is 0 Å². The van der Waals surface area contributed by atoms with E-state index in [2.05, 4.69) is 10.00 Å². The van der Waals surface area contributed by atoms with Gasteiger partial charge >= 0.3 is 6.09 Å². The Bertz CT molecular complexity index is 1740. The number of aryl methyl sites for hydroxylation is 1. The van der Waals surface area contributed by atoms with Crippen molar-refractivity contribution in [1.29, 1.82) is 0 Å². The maximum Gasteiger partial charge on any atom is 0.407 e. The molecule has 1 amide bonds. The monoisotopic (exact) mass is 580 g/mol. The van der Waals surface area contributed by atoms with Gasteiger partial charge in [0.2, 0.25) is 5.95 Å². The Morgan fingerprint density at radius 1 is 1.22 bits per heavy atom. The molecule has 216 valence electrons. The molecular formula is C28H33ClN8O4. The summed E-state index contributed by atoms with van der Waals surface area (Å²) in [6, 6.07) is 3.67. The Kier molecular flexibility index (Phi) is 6.23. The van der Waals surface area contributed by atoms with Gasteiger partial charge in [0.25, 0.3) is 5.56 Å². The molecule has 4 atom stereocenters. The average molecular weight is 581 g/mol. The standard InChI is InChI=1S/C28H33ClN8O4/c1-4-35-14-17-18(31-35)10-9-16(23(17)29)24-22-25(37(32-24)21-7-5-6-12-41-21)30-27(34(3)26(22)38)36-15-8-11-19(36)20(13-15)33(2)28(39)40/h9-10,14-15,19-21H,4-8,11-13H2,1-3H3,(H,39,40)/t15-,19+,20+,21?/m0/s1. The lowest BCUT2D eigenvalue weighted by Gasteiger charge is -2.30. The molecule has 3 aromatic heterocycles. The molecule has 1 unspecified atom stereocenters. The number of amides is 1. The van der Waals surface area contributed by atoms with Gasteiger partial charge in [-0.05, 0) is 57.6 Å². The van der Waals surface area contributed by atoms with Crippen molar-refractivity contribution in [3.63, 3.8) is 0 Å². The van der Waals surface area contributed by atoms with Crippen molar-refractivity contribution in [3.05, 3.63) is 33.7 Å². The summed E-state index contributed by atoms with van der Waals surface area (Å²) in [4.78, 5) is 34.7. The molecule has 0 aliphatic carbocycles. The predicted octanol–water partition coefficient (Wildman–Crippen LogP) is 4.24. The fourth-order valence-corrected chi connectivity index (χ4v) is 7.27. The minimum atomic E-state index is -0.949. The molecule has 2 bridgehead atoms. The lowest BCUT2D eigenvalue weighted by molar-refractivity contribution is -0.0368. The summed E-state index contributed by atoms with van der Waals surface area (Å²) in [6.45, 7) is 3.34. The number of anilines is 1. The number of carboxylic acid groups (broad SMARTS) is 1. The number of benzene rings is 1. The summed E-state index contributed by atoms with van der Waals surface area (Å²) in [7, 11) is 3.35. The summed E-state index contributed by atoms with van der Waals surface area (Å²) >= 11 is 6.96. The van der Waals surface area contributed by atoms with E-state index in [-0.39, 0.29) is 29.9 Å². The van der Waals surface area contributed by atoms with Crippen LogP contribution in [0.2, 0.25) is 5.02 Å². The molecule has 0 radical (unpaired) electrons. The van der Waals surface area contributed by atoms with Crippen molar-refractivity contribution in [3.8, 4) is 11.3 Å². The van der Waals surface area contributed by atoms with Gasteiger partial charge in [-0.15, -0.1) is 0 Å². The van der Waals surface area contributed by atoms with Crippen LogP contribution in [0.4, 0.5) is 10.7 Å². The highest BCUT2D eigenvalue weighted by atomic mass is 35.5. The number of carbonyl (C=O) groups is 1. The van der Waals surface area contributed by atoms with Crippen LogP contribution < -0.4 is 10.5 Å². The molecule has 1 N–H and O–H groups in total. The lowest BCUT2D eigenvalue weighted by atomic mass is 9.95. The van der Waals surface area contributed by atoms with E-state index in [4.69, 9.17) is 26.4 Å². The molecule has 0 saturated carbocycles. The molecule has 0 spiro atoms. The first-order valence-corrected chi connectivity index (χ1v) is 14.7. The van der Waals surface area contributed by atoms with E-state index >= 15 is 0 Å². The van der Waals surface area contributed by atoms with Crippen LogP contribution in [0.25, 0.3) is 33.2 Å². The second-order valence-corrected chi connectivity index (χ2v) is 11.7. The Morgan fingerprint density at radius 3 is 2.78 bits per heavy atom. The highest BCUT2D eigenvalue weighted by Gasteiger charge is 2.50. The first-order valence-electron chi connectivity index (χ1n) is 14.3. The molecule has 6 heterocycles. The fraction of sp³-hybridized carbons (Fsp3) is 0.536. The van der Waals surface area contributed by atoms with Crippen LogP contribution in [0.1, 0.15) is 51.7 Å². The molecular weight excluding hydrogens is 548 g/mol. The number of hydrogen-bond donors (Lipinski definition) is 1. The van der Waals surface area contributed by atoms with Crippen LogP contribution in [0, 0.1) is 0 Å². The molecule has 3 aliphatic rings. The van der Waals surface area contributed by atoms with Gasteiger partial charge in [-0.3, -0.25) is 14.0 Å². The quantitative estimate of drug-likeness (QED) is 0.372. The van der Waals surface area contributed by atoms with Crippen molar-refractivity contribution in [2.75, 3.05) is 18.6 Å².